The van der Waals surface area contributed by atoms with Crippen molar-refractivity contribution in [2.75, 3.05) is 0 Å². The zero-order chi connectivity index (χ0) is 12.8. The third kappa shape index (κ3) is 3.90. The zero-order valence-electron chi connectivity index (χ0n) is 10.0. The Balaban J connectivity index is 2.64. The first kappa shape index (κ1) is 13.2. The maximum absolute atomic E-state index is 11.8. The SMILES string of the molecule is CCCC(CC(=O)O)NC(=O)c1ccnn1C. The fourth-order valence-electron chi connectivity index (χ4n) is 1.64. The van der Waals surface area contributed by atoms with E-state index in [1.807, 2.05) is 6.92 Å². The molecule has 1 aromatic heterocycles. The molecule has 6 heteroatoms. The number of amides is 1. The van der Waals surface area contributed by atoms with Crippen molar-refractivity contribution in [3.63, 3.8) is 0 Å². The van der Waals surface area contributed by atoms with Crippen LogP contribution in [0.4, 0.5) is 0 Å². The molecule has 6 nitrogen and oxygen atoms in total. The molecule has 0 aromatic carbocycles. The number of aliphatic carboxylic acids is 1. The zero-order valence-corrected chi connectivity index (χ0v) is 10.0. The van der Waals surface area contributed by atoms with Gasteiger partial charge in [-0.25, -0.2) is 0 Å². The van der Waals surface area contributed by atoms with Gasteiger partial charge in [-0.1, -0.05) is 13.3 Å². The first-order chi connectivity index (χ1) is 8.04. The van der Waals surface area contributed by atoms with Crippen molar-refractivity contribution >= 4 is 11.9 Å². The molecule has 0 saturated heterocycles. The second kappa shape index (κ2) is 6.03. The maximum Gasteiger partial charge on any atom is 0.305 e. The number of carboxylic acids is 1. The van der Waals surface area contributed by atoms with Crippen LogP contribution in [0.25, 0.3) is 0 Å². The number of rotatable bonds is 6. The third-order valence-electron chi connectivity index (χ3n) is 2.45. The van der Waals surface area contributed by atoms with Gasteiger partial charge in [0.05, 0.1) is 6.42 Å². The van der Waals surface area contributed by atoms with E-state index < -0.39 is 5.97 Å². The number of carboxylic acid groups (broad SMARTS) is 1. The molecule has 0 radical (unpaired) electrons. The number of carbonyl (C=O) groups is 2. The number of hydrogen-bond donors (Lipinski definition) is 2. The summed E-state index contributed by atoms with van der Waals surface area (Å²) in [6.07, 6.45) is 2.94. The number of nitrogens with one attached hydrogen (secondary N) is 1. The smallest absolute Gasteiger partial charge is 0.305 e. The topological polar surface area (TPSA) is 84.2 Å². The van der Waals surface area contributed by atoms with E-state index in [0.29, 0.717) is 12.1 Å². The molecule has 1 aromatic rings. The standard InChI is InChI=1S/C11H17N3O3/c1-3-4-8(7-10(15)16)13-11(17)9-5-6-12-14(9)2/h5-6,8H,3-4,7H2,1-2H3,(H,13,17)(H,15,16). The van der Waals surface area contributed by atoms with E-state index in [0.717, 1.165) is 6.42 Å². The minimum absolute atomic E-state index is 0.0581. The molecule has 0 saturated carbocycles. The molecule has 1 unspecified atom stereocenters. The maximum atomic E-state index is 11.8. The quantitative estimate of drug-likeness (QED) is 0.768. The van der Waals surface area contributed by atoms with Crippen LogP contribution >= 0.6 is 0 Å². The Labute approximate surface area is 99.6 Å². The van der Waals surface area contributed by atoms with Crippen molar-refractivity contribution in [3.05, 3.63) is 18.0 Å². The largest absolute Gasteiger partial charge is 0.481 e. The summed E-state index contributed by atoms with van der Waals surface area (Å²) < 4.78 is 1.46. The van der Waals surface area contributed by atoms with Gasteiger partial charge in [0.1, 0.15) is 5.69 Å². The van der Waals surface area contributed by atoms with Crippen LogP contribution in [-0.4, -0.2) is 32.8 Å². The molecule has 0 fully saturated rings. The Morgan fingerprint density at radius 3 is 2.76 bits per heavy atom. The fraction of sp³-hybridized carbons (Fsp3) is 0.545. The van der Waals surface area contributed by atoms with E-state index in [2.05, 4.69) is 10.4 Å². The summed E-state index contributed by atoms with van der Waals surface area (Å²) in [5.41, 5.74) is 0.427. The second-order valence-electron chi connectivity index (χ2n) is 3.90. The second-order valence-corrected chi connectivity index (χ2v) is 3.90. The Morgan fingerprint density at radius 2 is 2.29 bits per heavy atom. The minimum atomic E-state index is -0.909. The Bertz CT molecular complexity index is 400. The van der Waals surface area contributed by atoms with Crippen molar-refractivity contribution in [3.8, 4) is 0 Å². The van der Waals surface area contributed by atoms with E-state index in [4.69, 9.17) is 5.11 Å². The van der Waals surface area contributed by atoms with Crippen molar-refractivity contribution < 1.29 is 14.7 Å². The summed E-state index contributed by atoms with van der Waals surface area (Å²) in [6, 6.07) is 1.26. The Morgan fingerprint density at radius 1 is 1.59 bits per heavy atom. The summed E-state index contributed by atoms with van der Waals surface area (Å²) in [5, 5.41) is 15.3. The van der Waals surface area contributed by atoms with Crippen LogP contribution in [0.1, 0.15) is 36.7 Å². The van der Waals surface area contributed by atoms with Gasteiger partial charge >= 0.3 is 5.97 Å². The monoisotopic (exact) mass is 239 g/mol. The van der Waals surface area contributed by atoms with E-state index in [1.54, 1.807) is 13.1 Å². The van der Waals surface area contributed by atoms with Crippen molar-refractivity contribution in [2.45, 2.75) is 32.2 Å². The molecular formula is C11H17N3O3. The molecular weight excluding hydrogens is 222 g/mol. The predicted octanol–water partition coefficient (Wildman–Crippen LogP) is 0.793. The highest BCUT2D eigenvalue weighted by atomic mass is 16.4. The number of carbonyl (C=O) groups excluding carboxylic acids is 1. The molecule has 1 rings (SSSR count). The van der Waals surface area contributed by atoms with Crippen molar-refractivity contribution in [1.82, 2.24) is 15.1 Å². The van der Waals surface area contributed by atoms with E-state index in [-0.39, 0.29) is 18.4 Å². The highest BCUT2D eigenvalue weighted by Crippen LogP contribution is 2.04. The molecule has 1 atom stereocenters. The van der Waals surface area contributed by atoms with Crippen LogP contribution in [0, 0.1) is 0 Å². The van der Waals surface area contributed by atoms with E-state index >= 15 is 0 Å². The highest BCUT2D eigenvalue weighted by Gasteiger charge is 2.17. The molecule has 0 bridgehead atoms. The molecule has 2 N–H and O–H groups in total. The van der Waals surface area contributed by atoms with Crippen LogP contribution in [0.2, 0.25) is 0 Å². The average molecular weight is 239 g/mol. The minimum Gasteiger partial charge on any atom is -0.481 e. The van der Waals surface area contributed by atoms with Crippen molar-refractivity contribution in [2.24, 2.45) is 7.05 Å². The predicted molar refractivity (Wildman–Crippen MR) is 61.6 cm³/mol. The number of aromatic nitrogens is 2. The van der Waals surface area contributed by atoms with Gasteiger partial charge in [0.2, 0.25) is 0 Å². The molecule has 0 aliphatic rings. The molecule has 1 amide bonds. The molecule has 0 aliphatic carbocycles. The summed E-state index contributed by atoms with van der Waals surface area (Å²) in [5.74, 6) is -1.20. The van der Waals surface area contributed by atoms with Crippen LogP contribution < -0.4 is 5.32 Å². The number of hydrogen-bond acceptors (Lipinski definition) is 3. The Kier molecular flexibility index (Phi) is 4.68. The van der Waals surface area contributed by atoms with Crippen LogP contribution in [0.5, 0.6) is 0 Å². The van der Waals surface area contributed by atoms with Gasteiger partial charge in [-0.2, -0.15) is 5.10 Å². The highest BCUT2D eigenvalue weighted by molar-refractivity contribution is 5.92. The van der Waals surface area contributed by atoms with Crippen LogP contribution in [0.15, 0.2) is 12.3 Å². The van der Waals surface area contributed by atoms with Crippen LogP contribution in [0.3, 0.4) is 0 Å². The van der Waals surface area contributed by atoms with Gasteiger partial charge in [0, 0.05) is 19.3 Å². The lowest BCUT2D eigenvalue weighted by Gasteiger charge is -2.15. The summed E-state index contributed by atoms with van der Waals surface area (Å²) in [7, 11) is 1.67. The van der Waals surface area contributed by atoms with Gasteiger partial charge < -0.3 is 10.4 Å². The average Bonchev–Trinajstić information content (AvgIpc) is 2.63. The molecule has 0 spiro atoms. The summed E-state index contributed by atoms with van der Waals surface area (Å²) >= 11 is 0. The fourth-order valence-corrected chi connectivity index (χ4v) is 1.64. The van der Waals surface area contributed by atoms with Crippen molar-refractivity contribution in [1.29, 1.82) is 0 Å². The molecule has 17 heavy (non-hydrogen) atoms. The normalized spacial score (nSPS) is 12.1. The molecule has 1 heterocycles. The molecule has 0 aliphatic heterocycles. The lowest BCUT2D eigenvalue weighted by molar-refractivity contribution is -0.137. The van der Waals surface area contributed by atoms with E-state index in [1.165, 1.54) is 10.9 Å². The van der Waals surface area contributed by atoms with Gasteiger partial charge in [-0.15, -0.1) is 0 Å². The van der Waals surface area contributed by atoms with Gasteiger partial charge in [-0.3, -0.25) is 14.3 Å². The number of nitrogens with zero attached hydrogens (tertiary/aromatic N) is 2. The first-order valence-electron chi connectivity index (χ1n) is 5.55. The van der Waals surface area contributed by atoms with E-state index in [9.17, 15) is 9.59 Å². The molecule has 94 valence electrons. The summed E-state index contributed by atoms with van der Waals surface area (Å²) in [4.78, 5) is 22.5. The first-order valence-corrected chi connectivity index (χ1v) is 5.55. The van der Waals surface area contributed by atoms with Gasteiger partial charge in [-0.05, 0) is 12.5 Å². The van der Waals surface area contributed by atoms with Gasteiger partial charge in [0.25, 0.3) is 5.91 Å². The lowest BCUT2D eigenvalue weighted by atomic mass is 10.1. The van der Waals surface area contributed by atoms with Crippen LogP contribution in [-0.2, 0) is 11.8 Å². The summed E-state index contributed by atoms with van der Waals surface area (Å²) in [6.45, 7) is 1.95. The van der Waals surface area contributed by atoms with Gasteiger partial charge in [0.15, 0.2) is 0 Å². The Hall–Kier alpha value is -1.85. The third-order valence-corrected chi connectivity index (χ3v) is 2.45. The lowest BCUT2D eigenvalue weighted by Crippen LogP contribution is -2.37. The number of aryl methyl sites for hydroxylation is 1.